The van der Waals surface area contributed by atoms with Crippen LogP contribution in [0.4, 0.5) is 0 Å². The van der Waals surface area contributed by atoms with Crippen molar-refractivity contribution in [3.63, 3.8) is 0 Å². The molecule has 25 heavy (non-hydrogen) atoms. The van der Waals surface area contributed by atoms with Gasteiger partial charge in [-0.25, -0.2) is 0 Å². The molecule has 1 atom stereocenters. The van der Waals surface area contributed by atoms with E-state index in [1.807, 2.05) is 23.1 Å². The first-order valence-electron chi connectivity index (χ1n) is 8.63. The third kappa shape index (κ3) is 3.32. The lowest BCUT2D eigenvalue weighted by molar-refractivity contribution is -0.100. The Balaban J connectivity index is 1.56. The van der Waals surface area contributed by atoms with Crippen LogP contribution < -0.4 is 0 Å². The molecule has 2 fully saturated rings. The number of likely N-dealkylation sites (tertiary alicyclic amines) is 1. The van der Waals surface area contributed by atoms with Crippen molar-refractivity contribution in [1.82, 2.24) is 4.90 Å². The largest absolute Gasteiger partial charge is 0.451 e. The number of hydrogen-bond acceptors (Lipinski definition) is 4. The zero-order valence-electron chi connectivity index (χ0n) is 13.8. The topological polar surface area (TPSA) is 51.9 Å². The monoisotopic (exact) mass is 361 g/mol. The molecule has 0 spiro atoms. The van der Waals surface area contributed by atoms with Crippen LogP contribution in [-0.2, 0) is 9.47 Å². The lowest BCUT2D eigenvalue weighted by atomic mass is 10.0. The minimum Gasteiger partial charge on any atom is -0.451 e. The van der Waals surface area contributed by atoms with Crippen LogP contribution in [0.5, 0.6) is 0 Å². The van der Waals surface area contributed by atoms with Gasteiger partial charge in [0.2, 0.25) is 0 Å². The fourth-order valence-electron chi connectivity index (χ4n) is 3.49. The van der Waals surface area contributed by atoms with Crippen LogP contribution in [0.25, 0.3) is 11.3 Å². The van der Waals surface area contributed by atoms with E-state index in [0.29, 0.717) is 36.3 Å². The van der Waals surface area contributed by atoms with Crippen LogP contribution in [0.1, 0.15) is 29.8 Å². The van der Waals surface area contributed by atoms with Crippen LogP contribution in [0.3, 0.4) is 0 Å². The number of piperidine rings is 1. The smallest absolute Gasteiger partial charge is 0.290 e. The van der Waals surface area contributed by atoms with E-state index in [1.54, 1.807) is 18.2 Å². The predicted octanol–water partition coefficient (Wildman–Crippen LogP) is 3.97. The van der Waals surface area contributed by atoms with Crippen LogP contribution >= 0.6 is 11.6 Å². The summed E-state index contributed by atoms with van der Waals surface area (Å²) in [4.78, 5) is 14.8. The lowest BCUT2D eigenvalue weighted by Gasteiger charge is -2.37. The molecule has 4 rings (SSSR count). The molecule has 0 saturated carbocycles. The Bertz CT molecular complexity index is 753. The van der Waals surface area contributed by atoms with Gasteiger partial charge in [0.05, 0.1) is 24.3 Å². The molecule has 1 amide bonds. The number of furan rings is 1. The van der Waals surface area contributed by atoms with Gasteiger partial charge in [0, 0.05) is 12.1 Å². The molecule has 1 aromatic carbocycles. The first-order chi connectivity index (χ1) is 12.2. The molecule has 6 heteroatoms. The summed E-state index contributed by atoms with van der Waals surface area (Å²) in [5, 5.41) is 0.597. The minimum atomic E-state index is -0.331. The van der Waals surface area contributed by atoms with E-state index in [2.05, 4.69) is 0 Å². The standard InChI is InChI=1S/C19H20ClNO4/c20-14-6-2-1-5-13(14)16-8-9-17(25-16)18(22)21-10-4-3-7-15(21)19-23-11-12-24-19/h1-2,5-6,8-9,15,19H,3-4,7,10-12H2/t15-/m0/s1. The molecule has 2 saturated heterocycles. The SMILES string of the molecule is O=C(c1ccc(-c2ccccc2Cl)o1)N1CCCC[C@H]1C1OCCO1. The minimum absolute atomic E-state index is 0.0578. The third-order valence-electron chi connectivity index (χ3n) is 4.73. The van der Waals surface area contributed by atoms with Gasteiger partial charge < -0.3 is 18.8 Å². The lowest BCUT2D eigenvalue weighted by Crippen LogP contribution is -2.50. The van der Waals surface area contributed by atoms with E-state index in [4.69, 9.17) is 25.5 Å². The van der Waals surface area contributed by atoms with Gasteiger partial charge >= 0.3 is 0 Å². The van der Waals surface area contributed by atoms with E-state index in [-0.39, 0.29) is 18.2 Å². The molecule has 132 valence electrons. The van der Waals surface area contributed by atoms with Gasteiger partial charge in [0.1, 0.15) is 5.76 Å². The zero-order valence-corrected chi connectivity index (χ0v) is 14.6. The highest BCUT2D eigenvalue weighted by molar-refractivity contribution is 6.33. The second kappa shape index (κ2) is 7.20. The maximum absolute atomic E-state index is 13.0. The highest BCUT2D eigenvalue weighted by Crippen LogP contribution is 2.31. The first-order valence-corrected chi connectivity index (χ1v) is 9.01. The predicted molar refractivity (Wildman–Crippen MR) is 93.5 cm³/mol. The number of ether oxygens (including phenoxy) is 2. The van der Waals surface area contributed by atoms with Crippen LogP contribution in [0, 0.1) is 0 Å². The van der Waals surface area contributed by atoms with Crippen molar-refractivity contribution in [3.8, 4) is 11.3 Å². The summed E-state index contributed by atoms with van der Waals surface area (Å²) in [6.45, 7) is 1.86. The fourth-order valence-corrected chi connectivity index (χ4v) is 3.72. The quantitative estimate of drug-likeness (QED) is 0.830. The van der Waals surface area contributed by atoms with Gasteiger partial charge in [-0.1, -0.05) is 23.7 Å². The molecule has 0 aliphatic carbocycles. The summed E-state index contributed by atoms with van der Waals surface area (Å²) in [7, 11) is 0. The molecule has 2 aliphatic heterocycles. The number of amides is 1. The van der Waals surface area contributed by atoms with Gasteiger partial charge in [-0.15, -0.1) is 0 Å². The zero-order chi connectivity index (χ0) is 17.2. The van der Waals surface area contributed by atoms with Crippen molar-refractivity contribution >= 4 is 17.5 Å². The normalized spacial score (nSPS) is 21.6. The molecule has 0 bridgehead atoms. The van der Waals surface area contributed by atoms with Crippen LogP contribution in [-0.4, -0.2) is 42.9 Å². The van der Waals surface area contributed by atoms with Crippen LogP contribution in [0.15, 0.2) is 40.8 Å². The molecule has 2 aromatic rings. The number of rotatable bonds is 3. The highest BCUT2D eigenvalue weighted by Gasteiger charge is 2.37. The molecule has 5 nitrogen and oxygen atoms in total. The molecule has 2 aliphatic rings. The van der Waals surface area contributed by atoms with Crippen LogP contribution in [0.2, 0.25) is 5.02 Å². The average molecular weight is 362 g/mol. The van der Waals surface area contributed by atoms with Crippen molar-refractivity contribution in [2.24, 2.45) is 0 Å². The summed E-state index contributed by atoms with van der Waals surface area (Å²) in [5.41, 5.74) is 0.779. The van der Waals surface area contributed by atoms with Gasteiger partial charge in [0.25, 0.3) is 5.91 Å². The Morgan fingerprint density at radius 3 is 2.68 bits per heavy atom. The molecule has 3 heterocycles. The number of carbonyl (C=O) groups excluding carboxylic acids is 1. The van der Waals surface area contributed by atoms with Crippen molar-refractivity contribution in [3.05, 3.63) is 47.2 Å². The van der Waals surface area contributed by atoms with Gasteiger partial charge in [-0.05, 0) is 43.5 Å². The Labute approximate surface area is 151 Å². The second-order valence-electron chi connectivity index (χ2n) is 6.32. The highest BCUT2D eigenvalue weighted by atomic mass is 35.5. The first kappa shape index (κ1) is 16.6. The van der Waals surface area contributed by atoms with E-state index in [9.17, 15) is 4.79 Å². The Hall–Kier alpha value is -1.82. The summed E-state index contributed by atoms with van der Waals surface area (Å²) >= 11 is 6.22. The maximum Gasteiger partial charge on any atom is 0.290 e. The van der Waals surface area contributed by atoms with E-state index < -0.39 is 0 Å². The Morgan fingerprint density at radius 2 is 1.88 bits per heavy atom. The summed E-state index contributed by atoms with van der Waals surface area (Å²) in [6.07, 6.45) is 2.60. The second-order valence-corrected chi connectivity index (χ2v) is 6.72. The Kier molecular flexibility index (Phi) is 4.79. The third-order valence-corrected chi connectivity index (χ3v) is 5.06. The van der Waals surface area contributed by atoms with E-state index >= 15 is 0 Å². The molecular weight excluding hydrogens is 342 g/mol. The summed E-state index contributed by atoms with van der Waals surface area (Å²) in [6, 6.07) is 10.9. The number of halogens is 1. The van der Waals surface area contributed by atoms with Crippen molar-refractivity contribution in [1.29, 1.82) is 0 Å². The summed E-state index contributed by atoms with van der Waals surface area (Å²) in [5.74, 6) is 0.790. The van der Waals surface area contributed by atoms with Crippen molar-refractivity contribution in [2.75, 3.05) is 19.8 Å². The van der Waals surface area contributed by atoms with Gasteiger partial charge in [0.15, 0.2) is 12.1 Å². The number of carbonyl (C=O) groups is 1. The van der Waals surface area contributed by atoms with E-state index in [0.717, 1.165) is 24.8 Å². The average Bonchev–Trinajstić information content (AvgIpc) is 3.34. The number of nitrogens with zero attached hydrogens (tertiary/aromatic N) is 1. The van der Waals surface area contributed by atoms with Gasteiger partial charge in [-0.3, -0.25) is 4.79 Å². The molecule has 0 N–H and O–H groups in total. The Morgan fingerprint density at radius 1 is 1.08 bits per heavy atom. The fraction of sp³-hybridized carbons (Fsp3) is 0.421. The molecule has 0 radical (unpaired) electrons. The molecular formula is C19H20ClNO4. The van der Waals surface area contributed by atoms with Crippen molar-refractivity contribution in [2.45, 2.75) is 31.6 Å². The number of benzene rings is 1. The van der Waals surface area contributed by atoms with Gasteiger partial charge in [-0.2, -0.15) is 0 Å². The summed E-state index contributed by atoms with van der Waals surface area (Å²) < 4.78 is 17.1. The number of hydrogen-bond donors (Lipinski definition) is 0. The van der Waals surface area contributed by atoms with Crippen molar-refractivity contribution < 1.29 is 18.7 Å². The molecule has 1 aromatic heterocycles. The molecule has 0 unspecified atom stereocenters. The maximum atomic E-state index is 13.0. The van der Waals surface area contributed by atoms with E-state index in [1.165, 1.54) is 0 Å².